The van der Waals surface area contributed by atoms with Gasteiger partial charge in [0.2, 0.25) is 5.91 Å². The monoisotopic (exact) mass is 377 g/mol. The van der Waals surface area contributed by atoms with Crippen LogP contribution in [-0.2, 0) is 27.3 Å². The Labute approximate surface area is 164 Å². The molecule has 0 radical (unpaired) electrons. The van der Waals surface area contributed by atoms with Crippen LogP contribution in [0, 0.1) is 0 Å². The third kappa shape index (κ3) is 3.07. The van der Waals surface area contributed by atoms with Crippen molar-refractivity contribution in [1.29, 1.82) is 0 Å². The molecule has 0 N–H and O–H groups in total. The van der Waals surface area contributed by atoms with Gasteiger partial charge in [-0.1, -0.05) is 30.3 Å². The summed E-state index contributed by atoms with van der Waals surface area (Å²) >= 11 is 0. The summed E-state index contributed by atoms with van der Waals surface area (Å²) in [5.74, 6) is -0.0779. The van der Waals surface area contributed by atoms with E-state index in [1.54, 1.807) is 12.4 Å². The first-order valence-corrected chi connectivity index (χ1v) is 9.90. The smallest absolute Gasteiger partial charge is 0.254 e. The molecule has 3 heterocycles. The summed E-state index contributed by atoms with van der Waals surface area (Å²) < 4.78 is 5.86. The van der Waals surface area contributed by atoms with Crippen molar-refractivity contribution in [3.63, 3.8) is 0 Å². The second kappa shape index (κ2) is 7.02. The number of amides is 2. The molecule has 1 aromatic heterocycles. The zero-order valence-corrected chi connectivity index (χ0v) is 15.7. The van der Waals surface area contributed by atoms with Gasteiger partial charge in [0.1, 0.15) is 6.61 Å². The van der Waals surface area contributed by atoms with Gasteiger partial charge in [-0.3, -0.25) is 14.6 Å². The van der Waals surface area contributed by atoms with Crippen LogP contribution in [0.2, 0.25) is 0 Å². The topological polar surface area (TPSA) is 62.7 Å². The highest BCUT2D eigenvalue weighted by Crippen LogP contribution is 2.40. The molecule has 28 heavy (non-hydrogen) atoms. The fourth-order valence-corrected chi connectivity index (χ4v) is 4.37. The molecular formula is C22H23N3O3. The summed E-state index contributed by atoms with van der Waals surface area (Å²) in [5.41, 5.74) is 3.35. The van der Waals surface area contributed by atoms with Crippen molar-refractivity contribution in [2.24, 2.45) is 0 Å². The van der Waals surface area contributed by atoms with Crippen LogP contribution in [0.15, 0.2) is 48.8 Å². The summed E-state index contributed by atoms with van der Waals surface area (Å²) in [6.07, 6.45) is 5.58. The van der Waals surface area contributed by atoms with E-state index in [1.165, 1.54) is 11.1 Å². The summed E-state index contributed by atoms with van der Waals surface area (Å²) in [7, 11) is 0. The highest BCUT2D eigenvalue weighted by molar-refractivity contribution is 5.87. The molecule has 2 aromatic rings. The summed E-state index contributed by atoms with van der Waals surface area (Å²) in [5, 5.41) is 0. The number of nitrogens with zero attached hydrogens (tertiary/aromatic N) is 3. The van der Waals surface area contributed by atoms with Gasteiger partial charge in [0, 0.05) is 31.5 Å². The molecule has 0 spiro atoms. The first kappa shape index (κ1) is 17.4. The molecule has 6 heteroatoms. The summed E-state index contributed by atoms with van der Waals surface area (Å²) in [6.45, 7) is 1.23. The lowest BCUT2D eigenvalue weighted by atomic mass is 9.95. The molecular weight excluding hydrogens is 354 g/mol. The largest absolute Gasteiger partial charge is 0.356 e. The van der Waals surface area contributed by atoms with Crippen LogP contribution in [0.1, 0.15) is 35.6 Å². The fraction of sp³-hybridized carbons (Fsp3) is 0.409. The molecule has 0 bridgehead atoms. The minimum atomic E-state index is -0.687. The molecule has 6 nitrogen and oxygen atoms in total. The van der Waals surface area contributed by atoms with E-state index in [9.17, 15) is 9.59 Å². The van der Waals surface area contributed by atoms with Crippen LogP contribution in [0.5, 0.6) is 0 Å². The van der Waals surface area contributed by atoms with Crippen molar-refractivity contribution in [3.05, 3.63) is 65.5 Å². The minimum Gasteiger partial charge on any atom is -0.356 e. The lowest BCUT2D eigenvalue weighted by Gasteiger charge is -2.42. The van der Waals surface area contributed by atoms with Crippen molar-refractivity contribution in [2.45, 2.75) is 44.0 Å². The molecule has 2 atom stereocenters. The van der Waals surface area contributed by atoms with E-state index in [4.69, 9.17) is 4.74 Å². The average molecular weight is 377 g/mol. The Hall–Kier alpha value is -2.73. The Morgan fingerprint density at radius 2 is 1.93 bits per heavy atom. The normalized spacial score (nSPS) is 24.8. The third-order valence-electron chi connectivity index (χ3n) is 5.91. The first-order chi connectivity index (χ1) is 13.7. The van der Waals surface area contributed by atoms with Gasteiger partial charge in [0.15, 0.2) is 6.10 Å². The van der Waals surface area contributed by atoms with E-state index < -0.39 is 12.1 Å². The van der Waals surface area contributed by atoms with Gasteiger partial charge in [-0.15, -0.1) is 0 Å². The van der Waals surface area contributed by atoms with E-state index in [0.717, 1.165) is 24.8 Å². The highest BCUT2D eigenvalue weighted by Gasteiger charge is 2.48. The minimum absolute atomic E-state index is 0.0336. The van der Waals surface area contributed by atoms with Gasteiger partial charge in [-0.2, -0.15) is 0 Å². The Morgan fingerprint density at radius 1 is 1.11 bits per heavy atom. The molecule has 3 aliphatic rings. The van der Waals surface area contributed by atoms with Gasteiger partial charge >= 0.3 is 0 Å². The van der Waals surface area contributed by atoms with Crippen LogP contribution in [0.25, 0.3) is 0 Å². The molecule has 2 aliphatic heterocycles. The fourth-order valence-electron chi connectivity index (χ4n) is 4.37. The Bertz CT molecular complexity index is 897. The highest BCUT2D eigenvalue weighted by atomic mass is 16.5. The second-order valence-electron chi connectivity index (χ2n) is 7.77. The predicted molar refractivity (Wildman–Crippen MR) is 102 cm³/mol. The zero-order valence-electron chi connectivity index (χ0n) is 15.7. The van der Waals surface area contributed by atoms with Gasteiger partial charge in [0.05, 0.1) is 6.04 Å². The van der Waals surface area contributed by atoms with E-state index >= 15 is 0 Å². The number of ether oxygens (including phenoxy) is 1. The van der Waals surface area contributed by atoms with Gasteiger partial charge in [-0.25, -0.2) is 0 Å². The number of carbonyl (C=O) groups is 2. The van der Waals surface area contributed by atoms with Crippen LogP contribution < -0.4 is 0 Å². The number of fused-ring (bicyclic) bond motifs is 1. The molecule has 1 aromatic carbocycles. The Morgan fingerprint density at radius 3 is 2.68 bits per heavy atom. The molecule has 2 fully saturated rings. The molecule has 144 valence electrons. The molecule has 1 saturated heterocycles. The SMILES string of the molecule is O=C([C@H]1OCC(=O)N(C2CC2)[C@@H]1c1cccnc1)N1CCc2ccccc2C1. The number of hydrogen-bond donors (Lipinski definition) is 0. The van der Waals surface area contributed by atoms with E-state index in [1.807, 2.05) is 34.1 Å². The number of pyridine rings is 1. The van der Waals surface area contributed by atoms with E-state index in [2.05, 4.69) is 17.1 Å². The van der Waals surface area contributed by atoms with Crippen molar-refractivity contribution < 1.29 is 14.3 Å². The van der Waals surface area contributed by atoms with Crippen molar-refractivity contribution >= 4 is 11.8 Å². The van der Waals surface area contributed by atoms with Gasteiger partial charge < -0.3 is 14.5 Å². The molecule has 1 saturated carbocycles. The van der Waals surface area contributed by atoms with E-state index in [-0.39, 0.29) is 24.5 Å². The van der Waals surface area contributed by atoms with Crippen LogP contribution >= 0.6 is 0 Å². The number of aromatic nitrogens is 1. The van der Waals surface area contributed by atoms with Crippen LogP contribution in [0.4, 0.5) is 0 Å². The quantitative estimate of drug-likeness (QED) is 0.822. The van der Waals surface area contributed by atoms with E-state index in [0.29, 0.717) is 13.1 Å². The maximum atomic E-state index is 13.5. The number of morpholine rings is 1. The van der Waals surface area contributed by atoms with Gasteiger partial charge in [0.25, 0.3) is 5.91 Å². The number of carbonyl (C=O) groups excluding carboxylic acids is 2. The molecule has 5 rings (SSSR count). The third-order valence-corrected chi connectivity index (χ3v) is 5.91. The van der Waals surface area contributed by atoms with Crippen molar-refractivity contribution in [3.8, 4) is 0 Å². The molecule has 0 unspecified atom stereocenters. The zero-order chi connectivity index (χ0) is 19.1. The Balaban J connectivity index is 1.45. The lowest BCUT2D eigenvalue weighted by molar-refractivity contribution is -0.170. The lowest BCUT2D eigenvalue weighted by Crippen LogP contribution is -2.56. The number of rotatable bonds is 3. The number of benzene rings is 1. The predicted octanol–water partition coefficient (Wildman–Crippen LogP) is 2.10. The van der Waals surface area contributed by atoms with Crippen molar-refractivity contribution in [2.75, 3.05) is 13.2 Å². The van der Waals surface area contributed by atoms with Crippen LogP contribution in [0.3, 0.4) is 0 Å². The average Bonchev–Trinajstić information content (AvgIpc) is 3.58. The number of hydrogen-bond acceptors (Lipinski definition) is 4. The second-order valence-corrected chi connectivity index (χ2v) is 7.77. The first-order valence-electron chi connectivity index (χ1n) is 9.90. The Kier molecular flexibility index (Phi) is 4.36. The maximum Gasteiger partial charge on any atom is 0.254 e. The molecule has 2 amide bonds. The van der Waals surface area contributed by atoms with Crippen molar-refractivity contribution in [1.82, 2.24) is 14.8 Å². The van der Waals surface area contributed by atoms with Crippen LogP contribution in [-0.4, -0.2) is 51.9 Å². The summed E-state index contributed by atoms with van der Waals surface area (Å²) in [6, 6.07) is 11.8. The standard InChI is InChI=1S/C22H23N3O3/c26-19-14-28-21(20(25(19)18-7-8-18)16-6-3-10-23-12-16)22(27)24-11-9-15-4-1-2-5-17(15)13-24/h1-6,10,12,18,20-21H,7-9,11,13-14H2/t20-,21+/m1/s1. The maximum absolute atomic E-state index is 13.5. The van der Waals surface area contributed by atoms with Gasteiger partial charge in [-0.05, 0) is 42.0 Å². The molecule has 1 aliphatic carbocycles. The summed E-state index contributed by atoms with van der Waals surface area (Å²) in [4.78, 5) is 34.1.